The largest absolute Gasteiger partial charge is 0.444 e. The van der Waals surface area contributed by atoms with Crippen LogP contribution in [0.5, 0.6) is 0 Å². The van der Waals surface area contributed by atoms with Crippen molar-refractivity contribution in [1.82, 2.24) is 20.0 Å². The van der Waals surface area contributed by atoms with Gasteiger partial charge in [0.25, 0.3) is 0 Å². The van der Waals surface area contributed by atoms with E-state index in [1.54, 1.807) is 4.90 Å². The van der Waals surface area contributed by atoms with Crippen LogP contribution in [0.4, 0.5) is 4.79 Å². The summed E-state index contributed by atoms with van der Waals surface area (Å²) in [6.07, 6.45) is -0.293. The monoisotopic (exact) mass is 528 g/mol. The van der Waals surface area contributed by atoms with Gasteiger partial charge in [-0.1, -0.05) is 37.8 Å². The molecule has 37 heavy (non-hydrogen) atoms. The van der Waals surface area contributed by atoms with Crippen LogP contribution in [0.2, 0.25) is 25.7 Å². The average Bonchev–Trinajstić information content (AvgIpc) is 3.07. The molecule has 2 heterocycles. The Hall–Kier alpha value is -2.39. The average molecular weight is 529 g/mol. The van der Waals surface area contributed by atoms with Crippen molar-refractivity contribution >= 4 is 31.0 Å². The molecule has 1 N–H and O–H groups in total. The third-order valence-corrected chi connectivity index (χ3v) is 9.06. The fourth-order valence-corrected chi connectivity index (χ4v) is 6.10. The molecule has 2 amide bonds. The van der Waals surface area contributed by atoms with Gasteiger partial charge in [0.2, 0.25) is 5.91 Å². The van der Waals surface area contributed by atoms with E-state index in [0.29, 0.717) is 19.8 Å². The first-order valence-electron chi connectivity index (χ1n) is 13.4. The number of piperidine rings is 1. The molecule has 0 spiro atoms. The van der Waals surface area contributed by atoms with Gasteiger partial charge in [0.1, 0.15) is 12.3 Å². The van der Waals surface area contributed by atoms with Gasteiger partial charge in [-0.05, 0) is 65.0 Å². The molecule has 1 saturated heterocycles. The van der Waals surface area contributed by atoms with Crippen molar-refractivity contribution in [2.75, 3.05) is 19.7 Å². The zero-order valence-corrected chi connectivity index (χ0v) is 25.0. The lowest BCUT2D eigenvalue weighted by molar-refractivity contribution is -0.125. The van der Waals surface area contributed by atoms with Gasteiger partial charge in [-0.2, -0.15) is 5.10 Å². The number of carbonyl (C=O) groups excluding carboxylic acids is 2. The Morgan fingerprint density at radius 3 is 2.35 bits per heavy atom. The summed E-state index contributed by atoms with van der Waals surface area (Å²) < 4.78 is 13.5. The van der Waals surface area contributed by atoms with Gasteiger partial charge >= 0.3 is 6.09 Å². The number of ether oxygens (including phenoxy) is 2. The minimum atomic E-state index is -1.17. The van der Waals surface area contributed by atoms with Crippen molar-refractivity contribution < 1.29 is 19.1 Å². The van der Waals surface area contributed by atoms with Crippen molar-refractivity contribution in [2.24, 2.45) is 17.8 Å². The topological polar surface area (TPSA) is 85.7 Å². The van der Waals surface area contributed by atoms with Crippen molar-refractivity contribution in [2.45, 2.75) is 85.1 Å². The summed E-state index contributed by atoms with van der Waals surface area (Å²) in [7, 11) is -1.17. The third kappa shape index (κ3) is 6.20. The minimum Gasteiger partial charge on any atom is -0.444 e. The third-order valence-electron chi connectivity index (χ3n) is 7.36. The summed E-state index contributed by atoms with van der Waals surface area (Å²) in [5, 5.41) is 9.26. The summed E-state index contributed by atoms with van der Waals surface area (Å²) in [4.78, 5) is 27.5. The molecule has 3 atom stereocenters. The zero-order chi connectivity index (χ0) is 27.3. The fourth-order valence-electron chi connectivity index (χ4n) is 5.34. The predicted octanol–water partition coefficient (Wildman–Crippen LogP) is 5.12. The van der Waals surface area contributed by atoms with E-state index < -0.39 is 19.2 Å². The minimum absolute atomic E-state index is 0.0329. The molecule has 0 bridgehead atoms. The molecule has 2 fully saturated rings. The van der Waals surface area contributed by atoms with Crippen LogP contribution >= 0.6 is 0 Å². The first kappa shape index (κ1) is 27.6. The number of aromatic nitrogens is 2. The molecule has 2 aliphatic rings. The highest BCUT2D eigenvalue weighted by Gasteiger charge is 2.61. The van der Waals surface area contributed by atoms with Crippen LogP contribution in [0.3, 0.4) is 0 Å². The summed E-state index contributed by atoms with van der Waals surface area (Å²) in [6, 6.07) is 7.30. The van der Waals surface area contributed by atoms with E-state index in [4.69, 9.17) is 14.6 Å². The number of benzene rings is 1. The second kappa shape index (κ2) is 9.73. The molecule has 2 aromatic rings. The first-order chi connectivity index (χ1) is 17.1. The lowest BCUT2D eigenvalue weighted by Crippen LogP contribution is -2.44. The molecule has 1 unspecified atom stereocenters. The van der Waals surface area contributed by atoms with Gasteiger partial charge < -0.3 is 19.7 Å². The highest BCUT2D eigenvalue weighted by Crippen LogP contribution is 2.52. The summed E-state index contributed by atoms with van der Waals surface area (Å²) in [5.41, 5.74) is 1.84. The number of carbonyl (C=O) groups is 2. The number of amides is 2. The van der Waals surface area contributed by atoms with Gasteiger partial charge in [0.05, 0.1) is 16.7 Å². The van der Waals surface area contributed by atoms with Gasteiger partial charge in [0.15, 0.2) is 0 Å². The van der Waals surface area contributed by atoms with E-state index in [-0.39, 0.29) is 29.8 Å². The van der Waals surface area contributed by atoms with Gasteiger partial charge in [-0.3, -0.25) is 4.79 Å². The maximum Gasteiger partial charge on any atom is 0.410 e. The Kier molecular flexibility index (Phi) is 7.27. The number of rotatable bonds is 8. The molecule has 1 saturated carbocycles. The van der Waals surface area contributed by atoms with E-state index in [1.165, 1.54) is 0 Å². The summed E-state index contributed by atoms with van der Waals surface area (Å²) in [6.45, 7) is 21.0. The number of nitrogens with zero attached hydrogens (tertiary/aromatic N) is 3. The van der Waals surface area contributed by atoms with Crippen molar-refractivity contribution in [3.05, 3.63) is 29.5 Å². The van der Waals surface area contributed by atoms with E-state index >= 15 is 0 Å². The Morgan fingerprint density at radius 1 is 1.11 bits per heavy atom. The molecule has 1 aromatic heterocycles. The maximum atomic E-state index is 13.3. The molecule has 0 radical (unpaired) electrons. The quantitative estimate of drug-likeness (QED) is 0.380. The lowest BCUT2D eigenvalue weighted by Gasteiger charge is -2.27. The summed E-state index contributed by atoms with van der Waals surface area (Å²) in [5.74, 6) is 0.350. The molecule has 1 aromatic carbocycles. The highest BCUT2D eigenvalue weighted by atomic mass is 28.3. The highest BCUT2D eigenvalue weighted by molar-refractivity contribution is 6.76. The van der Waals surface area contributed by atoms with E-state index in [2.05, 4.69) is 44.0 Å². The number of fused-ring (bicyclic) bond motifs is 2. The van der Waals surface area contributed by atoms with E-state index in [9.17, 15) is 9.59 Å². The number of hydrogen-bond donors (Lipinski definition) is 1. The standard InChI is InChI=1S/C28H44N4O4Si/c1-18-11-10-12-19-23(18)32(17-35-13-14-37(7,8)9)30-24(19)28(5,6)29-25(33)22-20-15-31(16-21(20)22)26(34)36-27(2,3)4/h10-12,20-22H,13-17H2,1-9H3,(H,29,33)/t20-,21+,22?. The smallest absolute Gasteiger partial charge is 0.410 e. The second-order valence-electron chi connectivity index (χ2n) is 13.5. The van der Waals surface area contributed by atoms with E-state index in [1.807, 2.05) is 45.4 Å². The van der Waals surface area contributed by atoms with Gasteiger partial charge in [-0.15, -0.1) is 0 Å². The SMILES string of the molecule is Cc1cccc2c(C(C)(C)NC(=O)C3[C@H]4CN(C(=O)OC(C)(C)C)C[C@@H]34)nn(COCC[Si](C)(C)C)c12. The molecule has 9 heteroatoms. The van der Waals surface area contributed by atoms with Crippen LogP contribution in [0.25, 0.3) is 10.9 Å². The first-order valence-corrected chi connectivity index (χ1v) is 17.1. The van der Waals surface area contributed by atoms with Crippen LogP contribution in [0.15, 0.2) is 18.2 Å². The van der Waals surface area contributed by atoms with Gasteiger partial charge in [0, 0.05) is 39.1 Å². The molecule has 1 aliphatic heterocycles. The number of para-hydroxylation sites is 1. The molecule has 4 rings (SSSR count). The molecule has 204 valence electrons. The van der Waals surface area contributed by atoms with Crippen molar-refractivity contribution in [1.29, 1.82) is 0 Å². The zero-order valence-electron chi connectivity index (χ0n) is 24.0. The number of aryl methyl sites for hydroxylation is 1. The molecular weight excluding hydrogens is 484 g/mol. The Labute approximate surface area is 222 Å². The Balaban J connectivity index is 1.43. The number of likely N-dealkylation sites (tertiary alicyclic amines) is 1. The van der Waals surface area contributed by atoms with Crippen LogP contribution < -0.4 is 5.32 Å². The number of nitrogens with one attached hydrogen (secondary N) is 1. The van der Waals surface area contributed by atoms with E-state index in [0.717, 1.165) is 34.8 Å². The van der Waals surface area contributed by atoms with Crippen molar-refractivity contribution in [3.8, 4) is 0 Å². The Morgan fingerprint density at radius 2 is 1.76 bits per heavy atom. The lowest BCUT2D eigenvalue weighted by atomic mass is 9.96. The molecule has 8 nitrogen and oxygen atoms in total. The molecular formula is C28H44N4O4Si. The second-order valence-corrected chi connectivity index (χ2v) is 19.1. The molecule has 1 aliphatic carbocycles. The van der Waals surface area contributed by atoms with Crippen LogP contribution in [-0.4, -0.2) is 60.1 Å². The number of hydrogen-bond acceptors (Lipinski definition) is 5. The maximum absolute atomic E-state index is 13.3. The Bertz CT molecular complexity index is 1170. The van der Waals surface area contributed by atoms with Gasteiger partial charge in [-0.25, -0.2) is 9.48 Å². The van der Waals surface area contributed by atoms with Crippen molar-refractivity contribution in [3.63, 3.8) is 0 Å². The predicted molar refractivity (Wildman–Crippen MR) is 148 cm³/mol. The van der Waals surface area contributed by atoms with Crippen LogP contribution in [0.1, 0.15) is 45.9 Å². The summed E-state index contributed by atoms with van der Waals surface area (Å²) >= 11 is 0. The normalized spacial score (nSPS) is 21.8. The van der Waals surface area contributed by atoms with Crippen LogP contribution in [0, 0.1) is 24.7 Å². The fraction of sp³-hybridized carbons (Fsp3) is 0.679. The van der Waals surface area contributed by atoms with Crippen LogP contribution in [-0.2, 0) is 26.5 Å².